The van der Waals surface area contributed by atoms with E-state index in [9.17, 15) is 9.90 Å². The summed E-state index contributed by atoms with van der Waals surface area (Å²) >= 11 is 0. The Morgan fingerprint density at radius 2 is 2.00 bits per heavy atom. The molecule has 0 aliphatic rings. The van der Waals surface area contributed by atoms with Crippen LogP contribution in [0.15, 0.2) is 42.5 Å². The minimum absolute atomic E-state index is 0.0753. The van der Waals surface area contributed by atoms with Crippen LogP contribution in [0.5, 0.6) is 11.5 Å². The number of nitrogens with two attached hydrogens (primary N) is 1. The fraction of sp³-hybridized carbons (Fsp3) is 0.188. The Morgan fingerprint density at radius 1 is 1.29 bits per heavy atom. The molecule has 0 spiro atoms. The van der Waals surface area contributed by atoms with Crippen molar-refractivity contribution in [1.29, 1.82) is 0 Å². The number of para-hydroxylation sites is 1. The molecule has 0 saturated heterocycles. The Kier molecular flexibility index (Phi) is 4.33. The van der Waals surface area contributed by atoms with Crippen LogP contribution in [0, 0.1) is 0 Å². The number of carbonyl (C=O) groups excluding carboxylic acids is 1. The number of phenols is 1. The molecular formula is C16H18N2O3. The van der Waals surface area contributed by atoms with Gasteiger partial charge in [-0.15, -0.1) is 0 Å². The average molecular weight is 286 g/mol. The van der Waals surface area contributed by atoms with Crippen molar-refractivity contribution in [2.45, 2.75) is 6.54 Å². The average Bonchev–Trinajstić information content (AvgIpc) is 2.49. The second-order valence-corrected chi connectivity index (χ2v) is 4.74. The van der Waals surface area contributed by atoms with Gasteiger partial charge in [-0.05, 0) is 29.8 Å². The molecule has 5 heteroatoms. The second kappa shape index (κ2) is 6.17. The fourth-order valence-electron chi connectivity index (χ4n) is 2.02. The van der Waals surface area contributed by atoms with E-state index in [1.54, 1.807) is 19.2 Å². The summed E-state index contributed by atoms with van der Waals surface area (Å²) in [5.74, 6) is 0.145. The molecule has 0 fully saturated rings. The SMILES string of the molecule is COc1ccc(O)c(C(=O)N(C)Cc2ccccc2N)c1. The third kappa shape index (κ3) is 3.25. The van der Waals surface area contributed by atoms with E-state index in [4.69, 9.17) is 10.5 Å². The summed E-state index contributed by atoms with van der Waals surface area (Å²) < 4.78 is 5.08. The Morgan fingerprint density at radius 3 is 2.67 bits per heavy atom. The van der Waals surface area contributed by atoms with E-state index in [0.29, 0.717) is 18.0 Å². The van der Waals surface area contributed by atoms with Crippen LogP contribution in [0.3, 0.4) is 0 Å². The molecule has 2 rings (SSSR count). The molecular weight excluding hydrogens is 268 g/mol. The highest BCUT2D eigenvalue weighted by atomic mass is 16.5. The predicted molar refractivity (Wildman–Crippen MR) is 81.3 cm³/mol. The quantitative estimate of drug-likeness (QED) is 0.845. The van der Waals surface area contributed by atoms with Gasteiger partial charge in [0.2, 0.25) is 0 Å². The smallest absolute Gasteiger partial charge is 0.257 e. The number of nitrogen functional groups attached to an aromatic ring is 1. The van der Waals surface area contributed by atoms with Crippen molar-refractivity contribution >= 4 is 11.6 Å². The fourth-order valence-corrected chi connectivity index (χ4v) is 2.02. The van der Waals surface area contributed by atoms with Crippen molar-refractivity contribution in [3.8, 4) is 11.5 Å². The van der Waals surface area contributed by atoms with Gasteiger partial charge in [-0.2, -0.15) is 0 Å². The van der Waals surface area contributed by atoms with Gasteiger partial charge in [0, 0.05) is 19.3 Å². The van der Waals surface area contributed by atoms with E-state index in [1.165, 1.54) is 24.1 Å². The van der Waals surface area contributed by atoms with Gasteiger partial charge in [0.05, 0.1) is 12.7 Å². The number of phenolic OH excluding ortho intramolecular Hbond substituents is 1. The molecule has 0 aliphatic heterocycles. The molecule has 110 valence electrons. The lowest BCUT2D eigenvalue weighted by Gasteiger charge is -2.19. The summed E-state index contributed by atoms with van der Waals surface area (Å²) in [6, 6.07) is 11.9. The third-order valence-corrected chi connectivity index (χ3v) is 3.24. The number of methoxy groups -OCH3 is 1. The molecule has 2 aromatic rings. The first kappa shape index (κ1) is 14.7. The molecule has 0 saturated carbocycles. The first-order valence-corrected chi connectivity index (χ1v) is 6.48. The first-order valence-electron chi connectivity index (χ1n) is 6.48. The maximum atomic E-state index is 12.4. The van der Waals surface area contributed by atoms with Gasteiger partial charge < -0.3 is 20.5 Å². The number of hydrogen-bond donors (Lipinski definition) is 2. The van der Waals surface area contributed by atoms with Gasteiger partial charge >= 0.3 is 0 Å². The van der Waals surface area contributed by atoms with Gasteiger partial charge in [0.1, 0.15) is 11.5 Å². The van der Waals surface area contributed by atoms with Gasteiger partial charge in [-0.3, -0.25) is 4.79 Å². The van der Waals surface area contributed by atoms with Crippen molar-refractivity contribution in [3.05, 3.63) is 53.6 Å². The summed E-state index contributed by atoms with van der Waals surface area (Å²) in [7, 11) is 3.17. The van der Waals surface area contributed by atoms with Crippen LogP contribution in [0.4, 0.5) is 5.69 Å². The number of ether oxygens (including phenoxy) is 1. The van der Waals surface area contributed by atoms with Crippen molar-refractivity contribution in [3.63, 3.8) is 0 Å². The standard InChI is InChI=1S/C16H18N2O3/c1-18(10-11-5-3-4-6-14(11)17)16(20)13-9-12(21-2)7-8-15(13)19/h3-9,19H,10,17H2,1-2H3. The summed E-state index contributed by atoms with van der Waals surface area (Å²) in [4.78, 5) is 13.9. The molecule has 0 bridgehead atoms. The van der Waals surface area contributed by atoms with Crippen LogP contribution < -0.4 is 10.5 Å². The lowest BCUT2D eigenvalue weighted by molar-refractivity contribution is 0.0782. The van der Waals surface area contributed by atoms with Crippen LogP contribution in [-0.2, 0) is 6.54 Å². The van der Waals surface area contributed by atoms with Crippen molar-refractivity contribution in [1.82, 2.24) is 4.90 Å². The zero-order valence-electron chi connectivity index (χ0n) is 12.0. The summed E-state index contributed by atoms with van der Waals surface area (Å²) in [5.41, 5.74) is 7.56. The molecule has 0 unspecified atom stereocenters. The molecule has 3 N–H and O–H groups in total. The topological polar surface area (TPSA) is 75.8 Å². The molecule has 0 radical (unpaired) electrons. The van der Waals surface area contributed by atoms with E-state index in [1.807, 2.05) is 18.2 Å². The number of nitrogens with zero attached hydrogens (tertiary/aromatic N) is 1. The molecule has 2 aromatic carbocycles. The van der Waals surface area contributed by atoms with Crippen LogP contribution in [0.1, 0.15) is 15.9 Å². The van der Waals surface area contributed by atoms with Crippen molar-refractivity contribution in [2.75, 3.05) is 19.9 Å². The lowest BCUT2D eigenvalue weighted by atomic mass is 10.1. The minimum atomic E-state index is -0.297. The van der Waals surface area contributed by atoms with E-state index >= 15 is 0 Å². The Balaban J connectivity index is 2.22. The molecule has 0 aromatic heterocycles. The van der Waals surface area contributed by atoms with E-state index in [2.05, 4.69) is 0 Å². The minimum Gasteiger partial charge on any atom is -0.507 e. The maximum absolute atomic E-state index is 12.4. The van der Waals surface area contributed by atoms with Gasteiger partial charge in [-0.25, -0.2) is 0 Å². The van der Waals surface area contributed by atoms with E-state index < -0.39 is 0 Å². The monoisotopic (exact) mass is 286 g/mol. The van der Waals surface area contributed by atoms with Crippen molar-refractivity contribution in [2.24, 2.45) is 0 Å². The number of hydrogen-bond acceptors (Lipinski definition) is 4. The molecule has 1 amide bonds. The Labute approximate surface area is 123 Å². The molecule has 21 heavy (non-hydrogen) atoms. The largest absolute Gasteiger partial charge is 0.507 e. The van der Waals surface area contributed by atoms with Gasteiger partial charge in [0.25, 0.3) is 5.91 Å². The molecule has 0 aliphatic carbocycles. The zero-order chi connectivity index (χ0) is 15.4. The summed E-state index contributed by atoms with van der Waals surface area (Å²) in [5, 5.41) is 9.84. The number of amides is 1. The molecule has 0 atom stereocenters. The lowest BCUT2D eigenvalue weighted by Crippen LogP contribution is -2.26. The Hall–Kier alpha value is -2.69. The van der Waals surface area contributed by atoms with E-state index in [0.717, 1.165) is 5.56 Å². The Bertz CT molecular complexity index is 656. The van der Waals surface area contributed by atoms with Crippen LogP contribution >= 0.6 is 0 Å². The van der Waals surface area contributed by atoms with E-state index in [-0.39, 0.29) is 17.2 Å². The van der Waals surface area contributed by atoms with Crippen LogP contribution in [-0.4, -0.2) is 30.1 Å². The zero-order valence-corrected chi connectivity index (χ0v) is 12.0. The molecule has 5 nitrogen and oxygen atoms in total. The number of anilines is 1. The first-order chi connectivity index (χ1) is 10.0. The number of rotatable bonds is 4. The van der Waals surface area contributed by atoms with Crippen molar-refractivity contribution < 1.29 is 14.6 Å². The number of aromatic hydroxyl groups is 1. The third-order valence-electron chi connectivity index (χ3n) is 3.24. The van der Waals surface area contributed by atoms with Crippen LogP contribution in [0.2, 0.25) is 0 Å². The number of carbonyl (C=O) groups is 1. The normalized spacial score (nSPS) is 10.2. The predicted octanol–water partition coefficient (Wildman–Crippen LogP) is 2.26. The van der Waals surface area contributed by atoms with Gasteiger partial charge in [0.15, 0.2) is 0 Å². The number of benzene rings is 2. The highest BCUT2D eigenvalue weighted by Gasteiger charge is 2.17. The summed E-state index contributed by atoms with van der Waals surface area (Å²) in [6.45, 7) is 0.363. The van der Waals surface area contributed by atoms with Gasteiger partial charge in [-0.1, -0.05) is 18.2 Å². The highest BCUT2D eigenvalue weighted by molar-refractivity contribution is 5.97. The highest BCUT2D eigenvalue weighted by Crippen LogP contribution is 2.24. The maximum Gasteiger partial charge on any atom is 0.257 e. The summed E-state index contributed by atoms with van der Waals surface area (Å²) in [6.07, 6.45) is 0. The second-order valence-electron chi connectivity index (χ2n) is 4.74. The molecule has 0 heterocycles. The van der Waals surface area contributed by atoms with Crippen LogP contribution in [0.25, 0.3) is 0 Å².